The third kappa shape index (κ3) is 3.32. The molecule has 6 heteroatoms. The molecule has 0 aliphatic carbocycles. The van der Waals surface area contributed by atoms with E-state index in [1.807, 2.05) is 69.3 Å². The summed E-state index contributed by atoms with van der Waals surface area (Å²) in [6, 6.07) is 17.1. The Bertz CT molecular complexity index is 1350. The summed E-state index contributed by atoms with van der Waals surface area (Å²) in [5.41, 5.74) is 8.13. The van der Waals surface area contributed by atoms with E-state index in [9.17, 15) is 9.59 Å². The standard InChI is InChI=1S/C25H20N4O2/c1-13-4-8-19-17(10-13)22(24(30)28-19)26-16-7-6-15(3)21(12-16)27-23-18-11-14(2)5-9-20(18)29-25(23)31/h4-12H,1-3H3,(H,26,28,30)(H,27,29,31). The van der Waals surface area contributed by atoms with Gasteiger partial charge in [-0.3, -0.25) is 9.59 Å². The number of aliphatic imine (C=N–C) groups is 2. The Kier molecular flexibility index (Phi) is 4.29. The van der Waals surface area contributed by atoms with E-state index in [0.717, 1.165) is 39.2 Å². The Morgan fingerprint density at radius 2 is 1.19 bits per heavy atom. The number of nitrogens with zero attached hydrogens (tertiary/aromatic N) is 2. The molecule has 2 heterocycles. The second kappa shape index (κ2) is 7.02. The number of nitrogens with one attached hydrogen (secondary N) is 2. The minimum atomic E-state index is -0.228. The maximum atomic E-state index is 12.5. The first-order chi connectivity index (χ1) is 14.9. The molecule has 2 aliphatic rings. The summed E-state index contributed by atoms with van der Waals surface area (Å²) in [6.07, 6.45) is 0. The number of hydrogen-bond acceptors (Lipinski definition) is 4. The fourth-order valence-electron chi connectivity index (χ4n) is 3.79. The highest BCUT2D eigenvalue weighted by Crippen LogP contribution is 2.32. The van der Waals surface area contributed by atoms with Crippen LogP contribution in [0.4, 0.5) is 22.7 Å². The Morgan fingerprint density at radius 3 is 1.77 bits per heavy atom. The molecule has 0 saturated heterocycles. The number of carbonyl (C=O) groups is 2. The number of hydrogen-bond donors (Lipinski definition) is 2. The van der Waals surface area contributed by atoms with E-state index in [-0.39, 0.29) is 11.8 Å². The molecule has 152 valence electrons. The number of benzene rings is 3. The molecule has 2 amide bonds. The largest absolute Gasteiger partial charge is 0.320 e. The molecule has 6 nitrogen and oxygen atoms in total. The van der Waals surface area contributed by atoms with Gasteiger partial charge in [0.1, 0.15) is 11.4 Å². The van der Waals surface area contributed by atoms with Crippen molar-refractivity contribution >= 4 is 46.0 Å². The molecule has 0 atom stereocenters. The average Bonchev–Trinajstić information content (AvgIpc) is 3.20. The summed E-state index contributed by atoms with van der Waals surface area (Å²) in [6.45, 7) is 5.89. The van der Waals surface area contributed by atoms with Gasteiger partial charge in [0.25, 0.3) is 11.8 Å². The van der Waals surface area contributed by atoms with E-state index in [1.54, 1.807) is 6.07 Å². The number of anilines is 2. The molecule has 5 rings (SSSR count). The lowest BCUT2D eigenvalue weighted by Crippen LogP contribution is -2.14. The van der Waals surface area contributed by atoms with Gasteiger partial charge in [-0.2, -0.15) is 0 Å². The van der Waals surface area contributed by atoms with Crippen molar-refractivity contribution in [1.82, 2.24) is 0 Å². The SMILES string of the molecule is Cc1ccc2c(c1)C(=Nc1ccc(C)c(N=C3C(=O)Nc4ccc(C)cc43)c1)C(=O)N2. The second-order valence-corrected chi connectivity index (χ2v) is 7.90. The molecule has 0 radical (unpaired) electrons. The predicted molar refractivity (Wildman–Crippen MR) is 123 cm³/mol. The predicted octanol–water partition coefficient (Wildman–Crippen LogP) is 4.76. The summed E-state index contributed by atoms with van der Waals surface area (Å²) in [7, 11) is 0. The molecule has 0 fully saturated rings. The van der Waals surface area contributed by atoms with Crippen LogP contribution in [0.1, 0.15) is 27.8 Å². The van der Waals surface area contributed by atoms with Crippen molar-refractivity contribution < 1.29 is 9.59 Å². The third-order valence-corrected chi connectivity index (χ3v) is 5.45. The summed E-state index contributed by atoms with van der Waals surface area (Å²) in [4.78, 5) is 34.3. The van der Waals surface area contributed by atoms with Crippen LogP contribution in [0.5, 0.6) is 0 Å². The molecule has 2 aliphatic heterocycles. The van der Waals surface area contributed by atoms with Gasteiger partial charge >= 0.3 is 0 Å². The van der Waals surface area contributed by atoms with Crippen LogP contribution in [0.3, 0.4) is 0 Å². The quantitative estimate of drug-likeness (QED) is 0.641. The average molecular weight is 408 g/mol. The monoisotopic (exact) mass is 408 g/mol. The highest BCUT2D eigenvalue weighted by molar-refractivity contribution is 6.54. The highest BCUT2D eigenvalue weighted by atomic mass is 16.2. The number of rotatable bonds is 2. The minimum Gasteiger partial charge on any atom is -0.320 e. The van der Waals surface area contributed by atoms with E-state index >= 15 is 0 Å². The Labute approximate surface area is 179 Å². The molecule has 0 spiro atoms. The number of carbonyl (C=O) groups excluding carboxylic acids is 2. The maximum absolute atomic E-state index is 12.5. The highest BCUT2D eigenvalue weighted by Gasteiger charge is 2.27. The first kappa shape index (κ1) is 18.9. The molecule has 2 N–H and O–H groups in total. The lowest BCUT2D eigenvalue weighted by Gasteiger charge is -2.05. The van der Waals surface area contributed by atoms with Crippen molar-refractivity contribution in [2.24, 2.45) is 9.98 Å². The first-order valence-corrected chi connectivity index (χ1v) is 10.0. The van der Waals surface area contributed by atoms with Crippen molar-refractivity contribution in [3.63, 3.8) is 0 Å². The Balaban J connectivity index is 1.58. The van der Waals surface area contributed by atoms with Crippen molar-refractivity contribution in [2.75, 3.05) is 10.6 Å². The van der Waals surface area contributed by atoms with Crippen molar-refractivity contribution in [3.05, 3.63) is 82.4 Å². The summed E-state index contributed by atoms with van der Waals surface area (Å²) < 4.78 is 0. The van der Waals surface area contributed by atoms with E-state index in [0.29, 0.717) is 22.8 Å². The van der Waals surface area contributed by atoms with Crippen LogP contribution in [0.2, 0.25) is 0 Å². The van der Waals surface area contributed by atoms with Gasteiger partial charge in [0, 0.05) is 11.1 Å². The van der Waals surface area contributed by atoms with Crippen molar-refractivity contribution in [1.29, 1.82) is 0 Å². The van der Waals surface area contributed by atoms with Gasteiger partial charge < -0.3 is 10.6 Å². The van der Waals surface area contributed by atoms with Crippen LogP contribution >= 0.6 is 0 Å². The molecular weight excluding hydrogens is 388 g/mol. The minimum absolute atomic E-state index is 0.226. The molecular formula is C25H20N4O2. The number of aryl methyl sites for hydroxylation is 3. The topological polar surface area (TPSA) is 82.9 Å². The summed E-state index contributed by atoms with van der Waals surface area (Å²) >= 11 is 0. The fraction of sp³-hybridized carbons (Fsp3) is 0.120. The van der Waals surface area contributed by atoms with E-state index in [4.69, 9.17) is 0 Å². The fourth-order valence-corrected chi connectivity index (χ4v) is 3.79. The summed E-state index contributed by atoms with van der Waals surface area (Å²) in [5.74, 6) is -0.454. The van der Waals surface area contributed by atoms with E-state index < -0.39 is 0 Å². The second-order valence-electron chi connectivity index (χ2n) is 7.90. The van der Waals surface area contributed by atoms with Crippen LogP contribution in [0.25, 0.3) is 0 Å². The smallest absolute Gasteiger partial charge is 0.275 e. The first-order valence-electron chi connectivity index (χ1n) is 10.0. The zero-order chi connectivity index (χ0) is 21.7. The molecule has 3 aromatic carbocycles. The van der Waals surface area contributed by atoms with E-state index in [2.05, 4.69) is 20.6 Å². The van der Waals surface area contributed by atoms with Crippen LogP contribution in [-0.2, 0) is 9.59 Å². The lowest BCUT2D eigenvalue weighted by atomic mass is 10.1. The molecule has 31 heavy (non-hydrogen) atoms. The number of amides is 2. The molecule has 0 bridgehead atoms. The Hall–Kier alpha value is -4.06. The van der Waals surface area contributed by atoms with Crippen LogP contribution in [0.15, 0.2) is 64.6 Å². The van der Waals surface area contributed by atoms with Gasteiger partial charge in [-0.05, 0) is 62.7 Å². The van der Waals surface area contributed by atoms with Gasteiger partial charge in [-0.25, -0.2) is 9.98 Å². The van der Waals surface area contributed by atoms with E-state index in [1.165, 1.54) is 0 Å². The zero-order valence-electron chi connectivity index (χ0n) is 17.4. The zero-order valence-corrected chi connectivity index (χ0v) is 17.4. The van der Waals surface area contributed by atoms with Crippen LogP contribution in [0, 0.1) is 20.8 Å². The lowest BCUT2D eigenvalue weighted by molar-refractivity contribution is -0.110. The van der Waals surface area contributed by atoms with Gasteiger partial charge in [0.05, 0.1) is 22.7 Å². The Morgan fingerprint density at radius 1 is 0.645 bits per heavy atom. The van der Waals surface area contributed by atoms with Gasteiger partial charge in [0.15, 0.2) is 0 Å². The molecule has 0 saturated carbocycles. The van der Waals surface area contributed by atoms with Gasteiger partial charge in [0.2, 0.25) is 0 Å². The van der Waals surface area contributed by atoms with Gasteiger partial charge in [-0.1, -0.05) is 29.3 Å². The molecule has 0 aromatic heterocycles. The normalized spacial score (nSPS) is 17.0. The van der Waals surface area contributed by atoms with Crippen molar-refractivity contribution in [3.8, 4) is 0 Å². The van der Waals surface area contributed by atoms with Crippen LogP contribution in [-0.4, -0.2) is 23.2 Å². The number of fused-ring (bicyclic) bond motifs is 2. The van der Waals surface area contributed by atoms with Crippen LogP contribution < -0.4 is 10.6 Å². The molecule has 0 unspecified atom stereocenters. The summed E-state index contributed by atoms with van der Waals surface area (Å²) in [5, 5.41) is 5.71. The molecule has 3 aromatic rings. The maximum Gasteiger partial charge on any atom is 0.275 e. The van der Waals surface area contributed by atoms with Gasteiger partial charge in [-0.15, -0.1) is 0 Å². The van der Waals surface area contributed by atoms with Crippen molar-refractivity contribution in [2.45, 2.75) is 20.8 Å². The third-order valence-electron chi connectivity index (χ3n) is 5.45.